The molecule has 258 valence electrons. The summed E-state index contributed by atoms with van der Waals surface area (Å²) in [5, 5.41) is 8.57. The first-order valence-corrected chi connectivity index (χ1v) is 16.2. The molecular formula is C38H37FN4O7. The zero-order valence-corrected chi connectivity index (χ0v) is 27.9. The SMILES string of the molecule is COc1ccc2cc1-c1cccc(c1)OCC(=O)NCc1cc(F)cc(c1)O[C@@H]1CCN(C(=O)c3ccc(NC(C)=O)c(C)c3)C[C@H]1NC2=O. The number of piperidine rings is 1. The summed E-state index contributed by atoms with van der Waals surface area (Å²) in [5.41, 5.74) is 3.92. The first-order valence-electron chi connectivity index (χ1n) is 16.2. The van der Waals surface area contributed by atoms with Crippen LogP contribution in [0.4, 0.5) is 10.1 Å². The summed E-state index contributed by atoms with van der Waals surface area (Å²) in [6.07, 6.45) is -0.291. The van der Waals surface area contributed by atoms with Crippen LogP contribution in [0.25, 0.3) is 11.1 Å². The summed E-state index contributed by atoms with van der Waals surface area (Å²) in [6.45, 7) is 3.42. The predicted molar refractivity (Wildman–Crippen MR) is 184 cm³/mol. The van der Waals surface area contributed by atoms with E-state index in [1.807, 2.05) is 6.07 Å². The van der Waals surface area contributed by atoms with Crippen LogP contribution in [0.3, 0.4) is 0 Å². The molecule has 0 unspecified atom stereocenters. The van der Waals surface area contributed by atoms with Crippen LogP contribution in [0.1, 0.15) is 45.2 Å². The van der Waals surface area contributed by atoms with Gasteiger partial charge in [0.05, 0.1) is 13.2 Å². The molecule has 2 aliphatic rings. The maximum Gasteiger partial charge on any atom is 0.258 e. The van der Waals surface area contributed by atoms with E-state index >= 15 is 0 Å². The summed E-state index contributed by atoms with van der Waals surface area (Å²) in [6, 6.07) is 20.7. The zero-order valence-electron chi connectivity index (χ0n) is 27.9. The van der Waals surface area contributed by atoms with Gasteiger partial charge >= 0.3 is 0 Å². The van der Waals surface area contributed by atoms with E-state index in [1.165, 1.54) is 26.2 Å². The van der Waals surface area contributed by atoms with E-state index in [4.69, 9.17) is 14.2 Å². The van der Waals surface area contributed by atoms with Crippen molar-refractivity contribution in [3.63, 3.8) is 0 Å². The van der Waals surface area contributed by atoms with Gasteiger partial charge in [-0.2, -0.15) is 0 Å². The molecule has 0 aliphatic carbocycles. The third kappa shape index (κ3) is 7.86. The lowest BCUT2D eigenvalue weighted by Gasteiger charge is -2.39. The molecule has 2 atom stereocenters. The molecule has 0 radical (unpaired) electrons. The zero-order chi connectivity index (χ0) is 35.4. The van der Waals surface area contributed by atoms with Crippen LogP contribution >= 0.6 is 0 Å². The number of hydrogen-bond acceptors (Lipinski definition) is 7. The maximum atomic E-state index is 14.8. The quantitative estimate of drug-likeness (QED) is 0.281. The van der Waals surface area contributed by atoms with Crippen molar-refractivity contribution < 1.29 is 37.8 Å². The first kappa shape index (κ1) is 34.0. The third-order valence-corrected chi connectivity index (χ3v) is 8.62. The van der Waals surface area contributed by atoms with Gasteiger partial charge in [-0.1, -0.05) is 12.1 Å². The lowest BCUT2D eigenvalue weighted by molar-refractivity contribution is -0.123. The normalized spacial score (nSPS) is 17.6. The summed E-state index contributed by atoms with van der Waals surface area (Å²) in [4.78, 5) is 53.5. The van der Waals surface area contributed by atoms with Crippen molar-refractivity contribution in [1.82, 2.24) is 15.5 Å². The summed E-state index contributed by atoms with van der Waals surface area (Å²) in [5.74, 6) is -0.634. The number of nitrogens with zero attached hydrogens (tertiary/aromatic N) is 1. The molecule has 4 amide bonds. The minimum absolute atomic E-state index is 0.0344. The highest BCUT2D eigenvalue weighted by Crippen LogP contribution is 2.33. The summed E-state index contributed by atoms with van der Waals surface area (Å²) >= 11 is 0. The molecule has 1 fully saturated rings. The average Bonchev–Trinajstić information content (AvgIpc) is 3.10. The summed E-state index contributed by atoms with van der Waals surface area (Å²) < 4.78 is 32.5. The van der Waals surface area contributed by atoms with Gasteiger partial charge in [0.2, 0.25) is 5.91 Å². The topological polar surface area (TPSA) is 135 Å². The van der Waals surface area contributed by atoms with Gasteiger partial charge in [-0.05, 0) is 84.3 Å². The molecule has 50 heavy (non-hydrogen) atoms. The van der Waals surface area contributed by atoms with Crippen molar-refractivity contribution >= 4 is 29.3 Å². The van der Waals surface area contributed by atoms with Crippen LogP contribution in [0.5, 0.6) is 17.2 Å². The van der Waals surface area contributed by atoms with Crippen molar-refractivity contribution in [2.75, 3.05) is 32.1 Å². The lowest BCUT2D eigenvalue weighted by atomic mass is 9.98. The van der Waals surface area contributed by atoms with Crippen molar-refractivity contribution in [2.24, 2.45) is 0 Å². The highest BCUT2D eigenvalue weighted by Gasteiger charge is 2.35. The first-order chi connectivity index (χ1) is 24.1. The van der Waals surface area contributed by atoms with E-state index < -0.39 is 29.8 Å². The minimum Gasteiger partial charge on any atom is -0.496 e. The number of anilines is 1. The molecule has 2 aliphatic heterocycles. The van der Waals surface area contributed by atoms with E-state index in [-0.39, 0.29) is 37.3 Å². The van der Waals surface area contributed by atoms with Crippen LogP contribution in [-0.2, 0) is 16.1 Å². The largest absolute Gasteiger partial charge is 0.496 e. The second-order valence-electron chi connectivity index (χ2n) is 12.3. The molecule has 3 N–H and O–H groups in total. The molecule has 12 heteroatoms. The van der Waals surface area contributed by atoms with E-state index in [2.05, 4.69) is 16.0 Å². The number of carbonyl (C=O) groups excluding carboxylic acids is 4. The molecule has 0 aromatic heterocycles. The Labute approximate surface area is 288 Å². The fourth-order valence-electron chi connectivity index (χ4n) is 6.15. The molecule has 6 rings (SSSR count). The van der Waals surface area contributed by atoms with E-state index in [1.54, 1.807) is 72.5 Å². The second kappa shape index (κ2) is 14.7. The number of aryl methyl sites for hydroxylation is 1. The van der Waals surface area contributed by atoms with Crippen molar-refractivity contribution in [1.29, 1.82) is 0 Å². The molecule has 11 nitrogen and oxygen atoms in total. The predicted octanol–water partition coefficient (Wildman–Crippen LogP) is 4.87. The number of likely N-dealkylation sites (tertiary alicyclic amines) is 1. The maximum absolute atomic E-state index is 14.8. The minimum atomic E-state index is -0.685. The standard InChI is InChI=1S/C38H37FN4O7/c1-22-13-27(7-9-32(22)41-23(2)44)38(47)43-12-11-35-33(20-43)42-37(46)26-8-10-34(48-3)31(17-26)25-5-4-6-29(16-25)49-21-36(45)40-19-24-14-28(39)18-30(15-24)50-35/h4-10,13-18,33,35H,11-12,19-21H2,1-3H3,(H,40,45)(H,41,44)(H,42,46)/t33-,35-/m1/s1. The van der Waals surface area contributed by atoms with Crippen LogP contribution in [-0.4, -0.2) is 67.5 Å². The van der Waals surface area contributed by atoms with Crippen LogP contribution in [0, 0.1) is 12.7 Å². The molecular weight excluding hydrogens is 643 g/mol. The van der Waals surface area contributed by atoms with Gasteiger partial charge in [-0.15, -0.1) is 0 Å². The molecule has 4 aromatic rings. The third-order valence-electron chi connectivity index (χ3n) is 8.62. The smallest absolute Gasteiger partial charge is 0.258 e. The number of methoxy groups -OCH3 is 1. The Hall–Kier alpha value is -5.91. The van der Waals surface area contributed by atoms with E-state index in [0.29, 0.717) is 58.0 Å². The fourth-order valence-corrected chi connectivity index (χ4v) is 6.15. The number of nitrogens with one attached hydrogen (secondary N) is 3. The Morgan fingerprint density at radius 2 is 1.82 bits per heavy atom. The number of ether oxygens (including phenoxy) is 3. The number of rotatable bonds is 3. The Balaban J connectivity index is 1.34. The number of fused-ring (bicyclic) bond motifs is 8. The van der Waals surface area contributed by atoms with Gasteiger partial charge in [0.15, 0.2) is 6.61 Å². The van der Waals surface area contributed by atoms with Gasteiger partial charge in [0.25, 0.3) is 17.7 Å². The number of halogens is 1. The second-order valence-corrected chi connectivity index (χ2v) is 12.3. The molecule has 1 saturated heterocycles. The summed E-state index contributed by atoms with van der Waals surface area (Å²) in [7, 11) is 1.53. The Bertz CT molecular complexity index is 1970. The van der Waals surface area contributed by atoms with Gasteiger partial charge in [-0.25, -0.2) is 4.39 Å². The van der Waals surface area contributed by atoms with Gasteiger partial charge in [0, 0.05) is 61.4 Å². The molecule has 2 heterocycles. The van der Waals surface area contributed by atoms with Gasteiger partial charge in [-0.3, -0.25) is 19.2 Å². The van der Waals surface area contributed by atoms with Gasteiger partial charge in [0.1, 0.15) is 29.2 Å². The number of hydrogen-bond donors (Lipinski definition) is 3. The average molecular weight is 681 g/mol. The fraction of sp³-hybridized carbons (Fsp3) is 0.263. The lowest BCUT2D eigenvalue weighted by Crippen LogP contribution is -2.58. The Kier molecular flexibility index (Phi) is 9.98. The highest BCUT2D eigenvalue weighted by molar-refractivity contribution is 5.98. The number of benzene rings is 4. The number of carbonyl (C=O) groups is 4. The van der Waals surface area contributed by atoms with Crippen molar-refractivity contribution in [3.8, 4) is 28.4 Å². The Morgan fingerprint density at radius 3 is 2.60 bits per heavy atom. The molecule has 0 spiro atoms. The van der Waals surface area contributed by atoms with Crippen LogP contribution in [0.15, 0.2) is 78.9 Å². The van der Waals surface area contributed by atoms with E-state index in [0.717, 1.165) is 5.56 Å². The number of amides is 4. The van der Waals surface area contributed by atoms with Crippen LogP contribution < -0.4 is 30.2 Å². The molecule has 4 aromatic carbocycles. The van der Waals surface area contributed by atoms with Crippen molar-refractivity contribution in [3.05, 3.63) is 107 Å². The highest BCUT2D eigenvalue weighted by atomic mass is 19.1. The van der Waals surface area contributed by atoms with Crippen molar-refractivity contribution in [2.45, 2.75) is 39.0 Å². The molecule has 0 saturated carbocycles. The monoisotopic (exact) mass is 680 g/mol. The van der Waals surface area contributed by atoms with E-state index in [9.17, 15) is 23.6 Å². The van der Waals surface area contributed by atoms with Gasteiger partial charge < -0.3 is 35.1 Å². The van der Waals surface area contributed by atoms with Crippen LogP contribution in [0.2, 0.25) is 0 Å². The Morgan fingerprint density at radius 1 is 0.980 bits per heavy atom. The molecule has 6 bridgehead atoms.